The summed E-state index contributed by atoms with van der Waals surface area (Å²) >= 11 is 0. The van der Waals surface area contributed by atoms with Gasteiger partial charge in [0.1, 0.15) is 5.75 Å². The van der Waals surface area contributed by atoms with Crippen molar-refractivity contribution >= 4 is 0 Å². The van der Waals surface area contributed by atoms with E-state index in [1.807, 2.05) is 6.07 Å². The molecule has 2 nitrogen and oxygen atoms in total. The lowest BCUT2D eigenvalue weighted by atomic mass is 9.65. The largest absolute Gasteiger partial charge is 0.435 e. The second kappa shape index (κ2) is 4.33. The molecule has 17 heavy (non-hydrogen) atoms. The van der Waals surface area contributed by atoms with Crippen LogP contribution in [0.25, 0.3) is 0 Å². The van der Waals surface area contributed by atoms with Gasteiger partial charge in [-0.3, -0.25) is 0 Å². The van der Waals surface area contributed by atoms with E-state index in [4.69, 9.17) is 0 Å². The average molecular weight is 237 g/mol. The Bertz CT molecular complexity index is 461. The predicted molar refractivity (Wildman–Crippen MR) is 59.0 cm³/mol. The number of nitriles is 1. The molecule has 0 N–H and O–H groups in total. The fourth-order valence-electron chi connectivity index (χ4n) is 2.12. The number of rotatable bonds is 3. The Morgan fingerprint density at radius 2 is 2.12 bits per heavy atom. The topological polar surface area (TPSA) is 33.0 Å². The van der Waals surface area contributed by atoms with Crippen LogP contribution in [0, 0.1) is 18.3 Å². The standard InChI is InChI=1S/C13H13F2NO/c1-9-3-4-10(7-11(9)17-12(14)15)13(8-16)5-2-6-13/h3-4,7,12H,2,5-6H2,1H3. The number of alkyl halides is 2. The van der Waals surface area contributed by atoms with Crippen LogP contribution in [-0.4, -0.2) is 6.61 Å². The van der Waals surface area contributed by atoms with Gasteiger partial charge in [-0.2, -0.15) is 14.0 Å². The number of hydrogen-bond donors (Lipinski definition) is 0. The lowest BCUT2D eigenvalue weighted by Gasteiger charge is -2.35. The van der Waals surface area contributed by atoms with Gasteiger partial charge in [-0.1, -0.05) is 12.1 Å². The number of nitrogens with zero attached hydrogens (tertiary/aromatic N) is 1. The Kier molecular flexibility index (Phi) is 3.01. The van der Waals surface area contributed by atoms with Gasteiger partial charge in [0.2, 0.25) is 0 Å². The zero-order chi connectivity index (χ0) is 12.5. The molecule has 1 aromatic carbocycles. The molecule has 0 aliphatic heterocycles. The minimum absolute atomic E-state index is 0.166. The van der Waals surface area contributed by atoms with Crippen LogP contribution in [0.5, 0.6) is 5.75 Å². The summed E-state index contributed by atoms with van der Waals surface area (Å²) in [5, 5.41) is 9.19. The van der Waals surface area contributed by atoms with Gasteiger partial charge >= 0.3 is 6.61 Å². The highest BCUT2D eigenvalue weighted by molar-refractivity contribution is 5.44. The summed E-state index contributed by atoms with van der Waals surface area (Å²) in [5.74, 6) is 0.166. The average Bonchev–Trinajstić information content (AvgIpc) is 2.21. The van der Waals surface area contributed by atoms with Gasteiger partial charge in [-0.25, -0.2) is 0 Å². The first kappa shape index (κ1) is 11.8. The van der Waals surface area contributed by atoms with E-state index in [1.165, 1.54) is 0 Å². The van der Waals surface area contributed by atoms with Gasteiger partial charge in [-0.15, -0.1) is 0 Å². The van der Waals surface area contributed by atoms with Crippen molar-refractivity contribution in [2.75, 3.05) is 0 Å². The molecule has 0 radical (unpaired) electrons. The van der Waals surface area contributed by atoms with Crippen LogP contribution in [-0.2, 0) is 5.41 Å². The summed E-state index contributed by atoms with van der Waals surface area (Å²) in [5.41, 5.74) is 0.947. The Balaban J connectivity index is 2.34. The predicted octanol–water partition coefficient (Wildman–Crippen LogP) is 3.54. The third kappa shape index (κ3) is 2.10. The molecule has 1 aromatic rings. The summed E-state index contributed by atoms with van der Waals surface area (Å²) < 4.78 is 28.9. The fraction of sp³-hybridized carbons (Fsp3) is 0.462. The van der Waals surface area contributed by atoms with Crippen molar-refractivity contribution in [3.05, 3.63) is 29.3 Å². The summed E-state index contributed by atoms with van der Waals surface area (Å²) in [6.07, 6.45) is 2.59. The van der Waals surface area contributed by atoms with Crippen LogP contribution in [0.3, 0.4) is 0 Å². The monoisotopic (exact) mass is 237 g/mol. The molecule has 1 saturated carbocycles. The summed E-state index contributed by atoms with van der Waals surface area (Å²) in [4.78, 5) is 0. The molecule has 0 aromatic heterocycles. The van der Waals surface area contributed by atoms with E-state index in [9.17, 15) is 14.0 Å². The highest BCUT2D eigenvalue weighted by Crippen LogP contribution is 2.44. The SMILES string of the molecule is Cc1ccc(C2(C#N)CCC2)cc1OC(F)F. The third-order valence-electron chi connectivity index (χ3n) is 3.38. The van der Waals surface area contributed by atoms with Crippen molar-refractivity contribution < 1.29 is 13.5 Å². The van der Waals surface area contributed by atoms with Crippen molar-refractivity contribution in [3.63, 3.8) is 0 Å². The molecule has 1 fully saturated rings. The van der Waals surface area contributed by atoms with Crippen LogP contribution in [0.1, 0.15) is 30.4 Å². The maximum Gasteiger partial charge on any atom is 0.387 e. The molecule has 0 bridgehead atoms. The molecule has 0 unspecified atom stereocenters. The number of ether oxygens (including phenoxy) is 1. The Labute approximate surface area is 98.8 Å². The first-order chi connectivity index (χ1) is 8.07. The molecule has 90 valence electrons. The highest BCUT2D eigenvalue weighted by Gasteiger charge is 2.39. The summed E-state index contributed by atoms with van der Waals surface area (Å²) in [6, 6.07) is 7.42. The molecule has 1 aliphatic carbocycles. The van der Waals surface area contributed by atoms with Crippen LogP contribution in [0.15, 0.2) is 18.2 Å². The van der Waals surface area contributed by atoms with E-state index in [1.54, 1.807) is 19.1 Å². The summed E-state index contributed by atoms with van der Waals surface area (Å²) in [6.45, 7) is -1.12. The smallest absolute Gasteiger partial charge is 0.387 e. The first-order valence-electron chi connectivity index (χ1n) is 5.55. The zero-order valence-electron chi connectivity index (χ0n) is 9.54. The molecule has 0 atom stereocenters. The highest BCUT2D eigenvalue weighted by atomic mass is 19.3. The van der Waals surface area contributed by atoms with E-state index >= 15 is 0 Å². The maximum atomic E-state index is 12.2. The van der Waals surface area contributed by atoms with E-state index in [0.717, 1.165) is 24.8 Å². The van der Waals surface area contributed by atoms with Crippen molar-refractivity contribution in [1.29, 1.82) is 5.26 Å². The van der Waals surface area contributed by atoms with Crippen LogP contribution in [0.2, 0.25) is 0 Å². The Morgan fingerprint density at radius 1 is 1.41 bits per heavy atom. The molecule has 0 spiro atoms. The second-order valence-corrected chi connectivity index (χ2v) is 4.41. The zero-order valence-corrected chi connectivity index (χ0v) is 9.54. The quantitative estimate of drug-likeness (QED) is 0.805. The van der Waals surface area contributed by atoms with Gasteiger partial charge in [0.15, 0.2) is 0 Å². The molecule has 1 aliphatic rings. The molecular weight excluding hydrogens is 224 g/mol. The first-order valence-corrected chi connectivity index (χ1v) is 5.55. The van der Waals surface area contributed by atoms with Gasteiger partial charge in [0, 0.05) is 0 Å². The third-order valence-corrected chi connectivity index (χ3v) is 3.38. The van der Waals surface area contributed by atoms with E-state index < -0.39 is 12.0 Å². The van der Waals surface area contributed by atoms with Crippen molar-refractivity contribution in [2.45, 2.75) is 38.2 Å². The number of hydrogen-bond acceptors (Lipinski definition) is 2. The van der Waals surface area contributed by atoms with Crippen molar-refractivity contribution in [1.82, 2.24) is 0 Å². The van der Waals surface area contributed by atoms with Crippen LogP contribution in [0.4, 0.5) is 8.78 Å². The Morgan fingerprint density at radius 3 is 2.59 bits per heavy atom. The van der Waals surface area contributed by atoms with Gasteiger partial charge in [0.25, 0.3) is 0 Å². The number of halogens is 2. The van der Waals surface area contributed by atoms with E-state index in [2.05, 4.69) is 10.8 Å². The van der Waals surface area contributed by atoms with Crippen molar-refractivity contribution in [2.24, 2.45) is 0 Å². The molecule has 0 saturated heterocycles. The molecule has 4 heteroatoms. The fourth-order valence-corrected chi connectivity index (χ4v) is 2.12. The Hall–Kier alpha value is -1.63. The van der Waals surface area contributed by atoms with Gasteiger partial charge in [0.05, 0.1) is 11.5 Å². The number of benzene rings is 1. The molecular formula is C13H13F2NO. The lowest BCUT2D eigenvalue weighted by Crippen LogP contribution is -2.32. The lowest BCUT2D eigenvalue weighted by molar-refractivity contribution is -0.0503. The van der Waals surface area contributed by atoms with Crippen molar-refractivity contribution in [3.8, 4) is 11.8 Å². The van der Waals surface area contributed by atoms with Crippen LogP contribution >= 0.6 is 0 Å². The van der Waals surface area contributed by atoms with Crippen LogP contribution < -0.4 is 4.74 Å². The van der Waals surface area contributed by atoms with E-state index in [0.29, 0.717) is 5.56 Å². The minimum atomic E-state index is -2.83. The number of aryl methyl sites for hydroxylation is 1. The van der Waals surface area contributed by atoms with Gasteiger partial charge < -0.3 is 4.74 Å². The molecule has 0 amide bonds. The van der Waals surface area contributed by atoms with E-state index in [-0.39, 0.29) is 5.75 Å². The second-order valence-electron chi connectivity index (χ2n) is 4.41. The maximum absolute atomic E-state index is 12.2. The molecule has 0 heterocycles. The summed E-state index contributed by atoms with van der Waals surface area (Å²) in [7, 11) is 0. The normalized spacial score (nSPS) is 17.4. The van der Waals surface area contributed by atoms with Gasteiger partial charge in [-0.05, 0) is 43.4 Å². The minimum Gasteiger partial charge on any atom is -0.435 e. The molecule has 2 rings (SSSR count).